The second kappa shape index (κ2) is 9.32. The van der Waals surface area contributed by atoms with E-state index in [2.05, 4.69) is 5.32 Å². The Hall–Kier alpha value is -2.84. The van der Waals surface area contributed by atoms with Gasteiger partial charge in [0, 0.05) is 31.1 Å². The molecule has 2 atom stereocenters. The summed E-state index contributed by atoms with van der Waals surface area (Å²) in [5, 5.41) is 22.4. The molecule has 2 aromatic rings. The molecule has 2 aromatic carbocycles. The predicted octanol–water partition coefficient (Wildman–Crippen LogP) is 1.30. The second-order valence-corrected chi connectivity index (χ2v) is 7.86. The number of amides is 2. The number of para-hydroxylation sites is 1. The normalized spacial score (nSPS) is 15.7. The molecule has 1 heterocycles. The first-order chi connectivity index (χ1) is 14.3. The molecule has 158 valence electrons. The average molecular weight is 410 g/mol. The molecule has 0 spiro atoms. The van der Waals surface area contributed by atoms with Gasteiger partial charge in [-0.1, -0.05) is 36.4 Å². The third-order valence-electron chi connectivity index (χ3n) is 5.36. The van der Waals surface area contributed by atoms with Crippen LogP contribution in [0.1, 0.15) is 39.4 Å². The van der Waals surface area contributed by atoms with Gasteiger partial charge in [0.15, 0.2) is 0 Å². The molecule has 7 nitrogen and oxygen atoms in total. The van der Waals surface area contributed by atoms with Gasteiger partial charge in [-0.25, -0.2) is 0 Å². The number of nitrogens with one attached hydrogen (secondary N) is 1. The van der Waals surface area contributed by atoms with Crippen LogP contribution in [-0.4, -0.2) is 60.5 Å². The molecule has 0 saturated heterocycles. The molecule has 0 saturated carbocycles. The fraction of sp³-hybridized carbons (Fsp3) is 0.364. The van der Waals surface area contributed by atoms with E-state index in [-0.39, 0.29) is 24.2 Å². The van der Waals surface area contributed by atoms with E-state index in [9.17, 15) is 19.6 Å². The Morgan fingerprint density at radius 1 is 1.20 bits per heavy atom. The molecule has 3 rings (SSSR count). The highest BCUT2D eigenvalue weighted by Gasteiger charge is 2.33. The predicted molar refractivity (Wildman–Crippen MR) is 114 cm³/mol. The zero-order valence-corrected chi connectivity index (χ0v) is 17.5. The van der Waals surface area contributed by atoms with E-state index in [0.29, 0.717) is 24.2 Å². The molecule has 0 bridgehead atoms. The van der Waals surface area contributed by atoms with Crippen molar-refractivity contribution < 1.29 is 24.4 Å². The van der Waals surface area contributed by atoms with Crippen LogP contribution in [0.25, 0.3) is 0 Å². The Bertz CT molecular complexity index is 931. The summed E-state index contributed by atoms with van der Waals surface area (Å²) in [7, 11) is 1.60. The van der Waals surface area contributed by atoms with Crippen LogP contribution < -0.4 is 10.1 Å². The monoisotopic (exact) mass is 410 g/mol. The molecule has 0 fully saturated rings. The lowest BCUT2D eigenvalue weighted by Crippen LogP contribution is -2.48. The van der Waals surface area contributed by atoms with Crippen molar-refractivity contribution in [2.45, 2.75) is 31.6 Å². The molecule has 2 amide bonds. The second-order valence-electron chi connectivity index (χ2n) is 7.86. The standard InChI is InChI=1S/C22H27BN2O5/c1-14-7-6-10-17-16(13-30-21(14)17)11-19(23(28)29)24-20(26)12-15-8-4-5-9-18(15)22(27)25(2)3/h4-10,16,19,28-29H,11-13H2,1-3H3,(H,24,26). The van der Waals surface area contributed by atoms with Crippen molar-refractivity contribution in [2.24, 2.45) is 0 Å². The highest BCUT2D eigenvalue weighted by Crippen LogP contribution is 2.38. The van der Waals surface area contributed by atoms with Crippen LogP contribution >= 0.6 is 0 Å². The lowest BCUT2D eigenvalue weighted by atomic mass is 9.73. The number of hydrogen-bond acceptors (Lipinski definition) is 5. The maximum atomic E-state index is 12.7. The summed E-state index contributed by atoms with van der Waals surface area (Å²) in [5.74, 6) is -0.636. The third-order valence-corrected chi connectivity index (χ3v) is 5.36. The lowest BCUT2D eigenvalue weighted by molar-refractivity contribution is -0.120. The van der Waals surface area contributed by atoms with Crippen molar-refractivity contribution in [1.29, 1.82) is 0 Å². The minimum absolute atomic E-state index is 0.0319. The first-order valence-corrected chi connectivity index (χ1v) is 9.95. The summed E-state index contributed by atoms with van der Waals surface area (Å²) < 4.78 is 5.77. The lowest BCUT2D eigenvalue weighted by Gasteiger charge is -2.21. The quantitative estimate of drug-likeness (QED) is 0.598. The highest BCUT2D eigenvalue weighted by atomic mass is 16.5. The first-order valence-electron chi connectivity index (χ1n) is 9.95. The van der Waals surface area contributed by atoms with Crippen molar-refractivity contribution in [2.75, 3.05) is 20.7 Å². The van der Waals surface area contributed by atoms with Crippen LogP contribution in [0.15, 0.2) is 42.5 Å². The van der Waals surface area contributed by atoms with Gasteiger partial charge in [0.1, 0.15) is 5.75 Å². The van der Waals surface area contributed by atoms with E-state index in [1.165, 1.54) is 4.90 Å². The van der Waals surface area contributed by atoms with E-state index in [1.54, 1.807) is 38.4 Å². The molecule has 0 aliphatic carbocycles. The third kappa shape index (κ3) is 4.83. The molecule has 8 heteroatoms. The molecule has 0 aromatic heterocycles. The number of ether oxygens (including phenoxy) is 1. The number of benzene rings is 2. The van der Waals surface area contributed by atoms with Gasteiger partial charge >= 0.3 is 7.12 Å². The first kappa shape index (κ1) is 21.9. The van der Waals surface area contributed by atoms with Crippen molar-refractivity contribution in [3.8, 4) is 5.75 Å². The Labute approximate surface area is 176 Å². The van der Waals surface area contributed by atoms with Gasteiger partial charge in [0.05, 0.1) is 19.0 Å². The number of hydrogen-bond donors (Lipinski definition) is 3. The van der Waals surface area contributed by atoms with Crippen LogP contribution in [0.3, 0.4) is 0 Å². The maximum absolute atomic E-state index is 12.7. The van der Waals surface area contributed by atoms with Crippen LogP contribution in [-0.2, 0) is 11.2 Å². The molecular formula is C22H27BN2O5. The summed E-state index contributed by atoms with van der Waals surface area (Å²) in [5.41, 5.74) is 3.08. The van der Waals surface area contributed by atoms with E-state index >= 15 is 0 Å². The van der Waals surface area contributed by atoms with Crippen molar-refractivity contribution >= 4 is 18.9 Å². The van der Waals surface area contributed by atoms with Crippen LogP contribution in [0, 0.1) is 6.92 Å². The molecule has 1 aliphatic rings. The van der Waals surface area contributed by atoms with E-state index in [1.807, 2.05) is 25.1 Å². The Morgan fingerprint density at radius 2 is 1.93 bits per heavy atom. The van der Waals surface area contributed by atoms with Gasteiger partial charge in [-0.3, -0.25) is 9.59 Å². The topological polar surface area (TPSA) is 99.1 Å². The summed E-state index contributed by atoms with van der Waals surface area (Å²) in [6.07, 6.45) is 0.300. The molecule has 0 radical (unpaired) electrons. The van der Waals surface area contributed by atoms with Gasteiger partial charge in [0.25, 0.3) is 5.91 Å². The highest BCUT2D eigenvalue weighted by molar-refractivity contribution is 6.43. The number of carbonyl (C=O) groups is 2. The fourth-order valence-corrected chi connectivity index (χ4v) is 3.78. The summed E-state index contributed by atoms with van der Waals surface area (Å²) in [6, 6.07) is 12.8. The number of carbonyl (C=O) groups excluding carboxylic acids is 2. The molecular weight excluding hydrogens is 383 g/mol. The number of rotatable bonds is 7. The summed E-state index contributed by atoms with van der Waals surface area (Å²) >= 11 is 0. The van der Waals surface area contributed by atoms with E-state index in [4.69, 9.17) is 4.74 Å². The zero-order valence-electron chi connectivity index (χ0n) is 17.5. The van der Waals surface area contributed by atoms with E-state index in [0.717, 1.165) is 16.9 Å². The van der Waals surface area contributed by atoms with E-state index < -0.39 is 13.1 Å². The van der Waals surface area contributed by atoms with Crippen LogP contribution in [0.2, 0.25) is 0 Å². The van der Waals surface area contributed by atoms with Crippen molar-refractivity contribution in [1.82, 2.24) is 10.2 Å². The van der Waals surface area contributed by atoms with Crippen molar-refractivity contribution in [3.63, 3.8) is 0 Å². The van der Waals surface area contributed by atoms with Gasteiger partial charge in [0.2, 0.25) is 5.91 Å². The molecule has 30 heavy (non-hydrogen) atoms. The number of fused-ring (bicyclic) bond motifs is 1. The largest absolute Gasteiger partial charge is 0.492 e. The van der Waals surface area contributed by atoms with Crippen LogP contribution in [0.5, 0.6) is 5.75 Å². The minimum atomic E-state index is -1.71. The summed E-state index contributed by atoms with van der Waals surface area (Å²) in [4.78, 5) is 26.5. The Kier molecular flexibility index (Phi) is 6.79. The molecule has 2 unspecified atom stereocenters. The fourth-order valence-electron chi connectivity index (χ4n) is 3.78. The minimum Gasteiger partial charge on any atom is -0.492 e. The Balaban J connectivity index is 1.70. The molecule has 1 aliphatic heterocycles. The molecule has 3 N–H and O–H groups in total. The van der Waals surface area contributed by atoms with Crippen molar-refractivity contribution in [3.05, 3.63) is 64.7 Å². The van der Waals surface area contributed by atoms with Gasteiger partial charge < -0.3 is 25.0 Å². The Morgan fingerprint density at radius 3 is 2.63 bits per heavy atom. The smallest absolute Gasteiger partial charge is 0.475 e. The summed E-state index contributed by atoms with van der Waals surface area (Å²) in [6.45, 7) is 2.40. The van der Waals surface area contributed by atoms with Crippen LogP contribution in [0.4, 0.5) is 0 Å². The zero-order chi connectivity index (χ0) is 21.8. The average Bonchev–Trinajstić information content (AvgIpc) is 3.11. The SMILES string of the molecule is Cc1cccc2c1OCC2CC(NC(=O)Cc1ccccc1C(=O)N(C)C)B(O)O. The number of aryl methyl sites for hydroxylation is 1. The number of nitrogens with zero attached hydrogens (tertiary/aromatic N) is 1. The van der Waals surface area contributed by atoms with Gasteiger partial charge in [-0.15, -0.1) is 0 Å². The van der Waals surface area contributed by atoms with Gasteiger partial charge in [-0.2, -0.15) is 0 Å². The van der Waals surface area contributed by atoms with Gasteiger partial charge in [-0.05, 0) is 30.5 Å². The maximum Gasteiger partial charge on any atom is 0.475 e.